The fourth-order valence-corrected chi connectivity index (χ4v) is 4.26. The van der Waals surface area contributed by atoms with E-state index in [1.165, 1.54) is 11.4 Å². The van der Waals surface area contributed by atoms with Crippen molar-refractivity contribution < 1.29 is 15.0 Å². The monoisotopic (exact) mass is 202 g/mol. The first kappa shape index (κ1) is 10.9. The Morgan fingerprint density at radius 2 is 2.30 bits per heavy atom. The molecule has 61 valence electrons. The van der Waals surface area contributed by atoms with Gasteiger partial charge in [0.25, 0.3) is 0 Å². The van der Waals surface area contributed by atoms with E-state index >= 15 is 0 Å². The van der Waals surface area contributed by atoms with Gasteiger partial charge < -0.3 is 0 Å². The summed E-state index contributed by atoms with van der Waals surface area (Å²) < 4.78 is 10.1. The third kappa shape index (κ3) is 3.91. The quantitative estimate of drug-likeness (QED) is 0.413. The molecular formula is C4H13NO2PS2+2. The van der Waals surface area contributed by atoms with Gasteiger partial charge in [0.15, 0.2) is 0 Å². The molecule has 0 aromatic carbocycles. The topological polar surface area (TPSA) is 48.2 Å². The molecule has 0 spiro atoms. The average molecular weight is 202 g/mol. The van der Waals surface area contributed by atoms with Crippen molar-refractivity contribution in [3.63, 3.8) is 0 Å². The first-order valence-electron chi connectivity index (χ1n) is 3.01. The third-order valence-corrected chi connectivity index (χ3v) is 6.13. The Kier molecular flexibility index (Phi) is 6.01. The molecule has 0 aromatic rings. The SMILES string of the molecule is CC[O+]P(=S)(O[NH3+])SCC. The number of quaternary nitrogens is 1. The van der Waals surface area contributed by atoms with Crippen LogP contribution in [0.2, 0.25) is 0 Å². The minimum Gasteiger partial charge on any atom is -0.199 e. The van der Waals surface area contributed by atoms with E-state index in [0.29, 0.717) is 6.61 Å². The van der Waals surface area contributed by atoms with Crippen LogP contribution in [-0.4, -0.2) is 12.4 Å². The van der Waals surface area contributed by atoms with Gasteiger partial charge in [0.05, 0.1) is 0 Å². The summed E-state index contributed by atoms with van der Waals surface area (Å²) in [5.74, 6) is 4.20. The van der Waals surface area contributed by atoms with E-state index in [9.17, 15) is 0 Å². The smallest absolute Gasteiger partial charge is 0.199 e. The standard InChI is InChI=1S/C4H13NO2PS2/c1-3-6-8(9,7-5)10-4-2/h3-4H2,1-2,5H3/q+2. The fourth-order valence-electron chi connectivity index (χ4n) is 0.428. The van der Waals surface area contributed by atoms with Crippen LogP contribution in [0.4, 0.5) is 0 Å². The van der Waals surface area contributed by atoms with Crippen LogP contribution in [-0.2, 0) is 21.0 Å². The third-order valence-electron chi connectivity index (χ3n) is 0.733. The maximum Gasteiger partial charge on any atom is 0.509 e. The maximum absolute atomic E-state index is 5.22. The summed E-state index contributed by atoms with van der Waals surface area (Å²) in [7, 11) is 0. The molecule has 0 fully saturated rings. The Morgan fingerprint density at radius 3 is 2.60 bits per heavy atom. The molecule has 0 saturated heterocycles. The van der Waals surface area contributed by atoms with Crippen molar-refractivity contribution in [2.45, 2.75) is 13.8 Å². The Bertz CT molecular complexity index is 122. The molecule has 0 amide bonds. The lowest BCUT2D eigenvalue weighted by Gasteiger charge is -1.99. The summed E-state index contributed by atoms with van der Waals surface area (Å²) in [6.45, 7) is 4.51. The molecule has 0 aromatic heterocycles. The molecule has 0 bridgehead atoms. The van der Waals surface area contributed by atoms with Crippen molar-refractivity contribution in [3.8, 4) is 0 Å². The predicted octanol–water partition coefficient (Wildman–Crippen LogP) is 1.17. The van der Waals surface area contributed by atoms with Crippen LogP contribution in [0.25, 0.3) is 0 Å². The van der Waals surface area contributed by atoms with Gasteiger partial charge in [-0.05, 0) is 11.4 Å². The lowest BCUT2D eigenvalue weighted by molar-refractivity contribution is -0.636. The maximum atomic E-state index is 5.22. The summed E-state index contributed by atoms with van der Waals surface area (Å²) in [6.07, 6.45) is 0. The molecule has 10 heavy (non-hydrogen) atoms. The highest BCUT2D eigenvalue weighted by molar-refractivity contribution is 8.67. The molecule has 6 heteroatoms. The molecule has 1 unspecified atom stereocenters. The van der Waals surface area contributed by atoms with Gasteiger partial charge in [-0.15, -0.1) is 0 Å². The zero-order chi connectivity index (χ0) is 8.04. The Morgan fingerprint density at radius 1 is 1.70 bits per heavy atom. The number of hydrogen-bond acceptors (Lipinski definition) is 4. The van der Waals surface area contributed by atoms with Gasteiger partial charge >= 0.3 is 5.69 Å². The largest absolute Gasteiger partial charge is 0.509 e. The van der Waals surface area contributed by atoms with Crippen molar-refractivity contribution in [1.29, 1.82) is 0 Å². The molecule has 0 rings (SSSR count). The van der Waals surface area contributed by atoms with Gasteiger partial charge in [-0.1, -0.05) is 16.1 Å². The first-order chi connectivity index (χ1) is 4.68. The molecule has 1 radical (unpaired) electrons. The van der Waals surface area contributed by atoms with Gasteiger partial charge in [0.2, 0.25) is 6.61 Å². The minimum absolute atomic E-state index is 0.597. The second-order valence-electron chi connectivity index (χ2n) is 1.41. The van der Waals surface area contributed by atoms with Crippen LogP contribution in [0.1, 0.15) is 13.8 Å². The van der Waals surface area contributed by atoms with Crippen LogP contribution in [0.5, 0.6) is 0 Å². The zero-order valence-electron chi connectivity index (χ0n) is 6.20. The van der Waals surface area contributed by atoms with Crippen LogP contribution in [0.15, 0.2) is 0 Å². The van der Waals surface area contributed by atoms with Crippen molar-refractivity contribution in [1.82, 2.24) is 0 Å². The number of rotatable bonds is 5. The molecule has 1 atom stereocenters. The van der Waals surface area contributed by atoms with E-state index in [4.69, 9.17) is 21.0 Å². The summed E-state index contributed by atoms with van der Waals surface area (Å²) in [6, 6.07) is 0. The van der Waals surface area contributed by atoms with E-state index in [1.54, 1.807) is 0 Å². The highest BCUT2D eigenvalue weighted by Gasteiger charge is 2.33. The molecule has 3 nitrogen and oxygen atoms in total. The Balaban J connectivity index is 3.83. The van der Waals surface area contributed by atoms with Gasteiger partial charge in [0, 0.05) is 24.5 Å². The first-order valence-corrected chi connectivity index (χ1v) is 7.24. The molecule has 0 heterocycles. The Labute approximate surface area is 70.5 Å². The van der Waals surface area contributed by atoms with Gasteiger partial charge in [-0.2, -0.15) is 5.90 Å². The minimum atomic E-state index is -2.06. The average Bonchev–Trinajstić information content (AvgIpc) is 1.89. The van der Waals surface area contributed by atoms with Crippen molar-refractivity contribution in [3.05, 3.63) is 0 Å². The van der Waals surface area contributed by atoms with Crippen LogP contribution >= 0.6 is 17.1 Å². The van der Waals surface area contributed by atoms with E-state index in [-0.39, 0.29) is 0 Å². The summed E-state index contributed by atoms with van der Waals surface area (Å²) in [5.41, 5.74) is -2.06. The van der Waals surface area contributed by atoms with E-state index < -0.39 is 5.69 Å². The lowest BCUT2D eigenvalue weighted by atomic mass is 10.9. The molecule has 3 N–H and O–H groups in total. The van der Waals surface area contributed by atoms with Crippen LogP contribution in [0.3, 0.4) is 0 Å². The van der Waals surface area contributed by atoms with Crippen molar-refractivity contribution in [2.75, 3.05) is 12.4 Å². The predicted molar refractivity (Wildman–Crippen MR) is 48.0 cm³/mol. The van der Waals surface area contributed by atoms with Crippen LogP contribution < -0.4 is 5.90 Å². The highest BCUT2D eigenvalue weighted by Crippen LogP contribution is 2.58. The van der Waals surface area contributed by atoms with Gasteiger partial charge in [-0.25, -0.2) is 0 Å². The van der Waals surface area contributed by atoms with Crippen molar-refractivity contribution >= 4 is 28.9 Å². The van der Waals surface area contributed by atoms with E-state index in [1.807, 2.05) is 13.8 Å². The van der Waals surface area contributed by atoms with Gasteiger partial charge in [0.1, 0.15) is 0 Å². The number of hydrogen-bond donors (Lipinski definition) is 1. The lowest BCUT2D eigenvalue weighted by Crippen LogP contribution is -2.46. The molecule has 0 aliphatic carbocycles. The molecular weight excluding hydrogens is 189 g/mol. The molecule has 0 aliphatic rings. The van der Waals surface area contributed by atoms with Crippen LogP contribution in [0, 0.1) is 0 Å². The molecule has 0 aliphatic heterocycles. The second-order valence-corrected chi connectivity index (χ2v) is 8.01. The van der Waals surface area contributed by atoms with E-state index in [2.05, 4.69) is 5.90 Å². The summed E-state index contributed by atoms with van der Waals surface area (Å²) in [4.78, 5) is 0. The second kappa shape index (κ2) is 5.52. The summed E-state index contributed by atoms with van der Waals surface area (Å²) >= 11 is 6.59. The van der Waals surface area contributed by atoms with E-state index in [0.717, 1.165) is 5.75 Å². The fraction of sp³-hybridized carbons (Fsp3) is 1.00. The zero-order valence-corrected chi connectivity index (χ0v) is 8.73. The normalized spacial score (nSPS) is 16.7. The summed E-state index contributed by atoms with van der Waals surface area (Å²) in [5, 5.41) is 0. The highest BCUT2D eigenvalue weighted by atomic mass is 32.9. The Hall–Kier alpha value is 0.880. The van der Waals surface area contributed by atoms with Crippen molar-refractivity contribution in [2.24, 2.45) is 0 Å². The van der Waals surface area contributed by atoms with Gasteiger partial charge in [-0.3, -0.25) is 0 Å². The molecule has 0 saturated carbocycles.